The number of aliphatic hydroxyl groups is 1. The van der Waals surface area contributed by atoms with Crippen LogP contribution >= 0.6 is 12.4 Å². The molecule has 80 valence electrons. The molecule has 0 fully saturated rings. The van der Waals surface area contributed by atoms with Crippen molar-refractivity contribution in [2.75, 3.05) is 13.2 Å². The van der Waals surface area contributed by atoms with Crippen molar-refractivity contribution in [1.29, 1.82) is 0 Å². The fourth-order valence-electron chi connectivity index (χ4n) is 1.08. The predicted molar refractivity (Wildman–Crippen MR) is 58.9 cm³/mol. The smallest absolute Gasteiger partial charge is 0.119 e. The van der Waals surface area contributed by atoms with E-state index in [-0.39, 0.29) is 25.1 Å². The highest BCUT2D eigenvalue weighted by Crippen LogP contribution is 2.15. The van der Waals surface area contributed by atoms with Crippen molar-refractivity contribution in [3.05, 3.63) is 29.8 Å². The Bertz CT molecular complexity index is 251. The Morgan fingerprint density at radius 1 is 1.36 bits per heavy atom. The van der Waals surface area contributed by atoms with E-state index in [0.29, 0.717) is 6.61 Å². The van der Waals surface area contributed by atoms with Crippen molar-refractivity contribution >= 4 is 12.4 Å². The minimum Gasteiger partial charge on any atom is -0.494 e. The Hall–Kier alpha value is -0.770. The highest BCUT2D eigenvalue weighted by molar-refractivity contribution is 5.85. The lowest BCUT2D eigenvalue weighted by Gasteiger charge is -2.09. The molecule has 0 saturated heterocycles. The molecule has 0 aromatic heterocycles. The third kappa shape index (κ3) is 3.54. The lowest BCUT2D eigenvalue weighted by molar-refractivity contribution is 0.268. The van der Waals surface area contributed by atoms with E-state index in [4.69, 9.17) is 15.6 Å². The van der Waals surface area contributed by atoms with Crippen LogP contribution in [0.3, 0.4) is 0 Å². The van der Waals surface area contributed by atoms with Crippen LogP contribution in [0.4, 0.5) is 0 Å². The van der Waals surface area contributed by atoms with Crippen LogP contribution in [-0.4, -0.2) is 18.3 Å². The molecule has 1 atom stereocenters. The third-order valence-corrected chi connectivity index (χ3v) is 1.82. The van der Waals surface area contributed by atoms with Crippen molar-refractivity contribution < 1.29 is 9.84 Å². The van der Waals surface area contributed by atoms with Gasteiger partial charge in [0, 0.05) is 0 Å². The fourth-order valence-corrected chi connectivity index (χ4v) is 1.08. The highest BCUT2D eigenvalue weighted by Gasteiger charge is 2.03. The molecule has 0 saturated carbocycles. The maximum atomic E-state index is 8.80. The number of benzene rings is 1. The van der Waals surface area contributed by atoms with Gasteiger partial charge in [-0.2, -0.15) is 0 Å². The molecule has 1 rings (SSSR count). The summed E-state index contributed by atoms with van der Waals surface area (Å²) in [7, 11) is 0. The van der Waals surface area contributed by atoms with Crippen LogP contribution in [0, 0.1) is 0 Å². The first-order chi connectivity index (χ1) is 6.27. The molecule has 1 aromatic carbocycles. The Morgan fingerprint density at radius 3 is 2.36 bits per heavy atom. The number of nitrogens with two attached hydrogens (primary N) is 1. The van der Waals surface area contributed by atoms with E-state index in [9.17, 15) is 0 Å². The predicted octanol–water partition coefficient (Wildman–Crippen LogP) is 1.50. The molecule has 0 radical (unpaired) electrons. The molecule has 3 N–H and O–H groups in total. The van der Waals surface area contributed by atoms with Crippen LogP contribution < -0.4 is 10.5 Å². The molecular weight excluding hydrogens is 202 g/mol. The summed E-state index contributed by atoms with van der Waals surface area (Å²) in [5, 5.41) is 8.80. The van der Waals surface area contributed by atoms with Gasteiger partial charge in [-0.3, -0.25) is 0 Å². The van der Waals surface area contributed by atoms with Gasteiger partial charge in [0.25, 0.3) is 0 Å². The van der Waals surface area contributed by atoms with Gasteiger partial charge < -0.3 is 15.6 Å². The molecule has 0 amide bonds. The number of aliphatic hydroxyl groups excluding tert-OH is 1. The van der Waals surface area contributed by atoms with Crippen LogP contribution in [-0.2, 0) is 0 Å². The van der Waals surface area contributed by atoms with Gasteiger partial charge in [0.1, 0.15) is 5.75 Å². The van der Waals surface area contributed by atoms with Gasteiger partial charge in [0.2, 0.25) is 0 Å². The van der Waals surface area contributed by atoms with Crippen LogP contribution in [0.15, 0.2) is 24.3 Å². The monoisotopic (exact) mass is 217 g/mol. The standard InChI is InChI=1S/C10H15NO2.ClH/c1-2-13-9-5-3-8(4-6-9)10(11)7-12;/h3-6,10,12H,2,7,11H2,1H3;1H. The molecule has 4 heteroatoms. The zero-order valence-corrected chi connectivity index (χ0v) is 8.96. The van der Waals surface area contributed by atoms with Crippen molar-refractivity contribution in [3.8, 4) is 5.75 Å². The number of ether oxygens (including phenoxy) is 1. The van der Waals surface area contributed by atoms with Gasteiger partial charge >= 0.3 is 0 Å². The third-order valence-electron chi connectivity index (χ3n) is 1.82. The number of halogens is 1. The zero-order chi connectivity index (χ0) is 9.68. The molecule has 0 aliphatic rings. The van der Waals surface area contributed by atoms with E-state index in [2.05, 4.69) is 0 Å². The molecule has 14 heavy (non-hydrogen) atoms. The minimum atomic E-state index is -0.296. The number of rotatable bonds is 4. The normalized spacial score (nSPS) is 11.6. The van der Waals surface area contributed by atoms with E-state index in [0.717, 1.165) is 11.3 Å². The second kappa shape index (κ2) is 6.65. The summed E-state index contributed by atoms with van der Waals surface area (Å²) >= 11 is 0. The Kier molecular flexibility index (Phi) is 6.28. The SMILES string of the molecule is CCOc1ccc(C(N)CO)cc1.Cl. The second-order valence-electron chi connectivity index (χ2n) is 2.79. The molecule has 0 aliphatic heterocycles. The first-order valence-corrected chi connectivity index (χ1v) is 4.37. The highest BCUT2D eigenvalue weighted by atomic mass is 35.5. The lowest BCUT2D eigenvalue weighted by atomic mass is 10.1. The first kappa shape index (κ1) is 13.2. The van der Waals surface area contributed by atoms with Gasteiger partial charge in [0.15, 0.2) is 0 Å². The average molecular weight is 218 g/mol. The second-order valence-corrected chi connectivity index (χ2v) is 2.79. The van der Waals surface area contributed by atoms with Crippen molar-refractivity contribution in [1.82, 2.24) is 0 Å². The molecule has 1 unspecified atom stereocenters. The molecule has 3 nitrogen and oxygen atoms in total. The number of hydrogen-bond acceptors (Lipinski definition) is 3. The summed E-state index contributed by atoms with van der Waals surface area (Å²) < 4.78 is 5.27. The van der Waals surface area contributed by atoms with Gasteiger partial charge in [-0.15, -0.1) is 12.4 Å². The summed E-state index contributed by atoms with van der Waals surface area (Å²) in [6, 6.07) is 7.15. The van der Waals surface area contributed by atoms with Crippen molar-refractivity contribution in [2.24, 2.45) is 5.73 Å². The lowest BCUT2D eigenvalue weighted by Crippen LogP contribution is -2.14. The van der Waals surface area contributed by atoms with E-state index < -0.39 is 0 Å². The summed E-state index contributed by atoms with van der Waals surface area (Å²) in [6.45, 7) is 2.56. The first-order valence-electron chi connectivity index (χ1n) is 4.37. The molecule has 0 aliphatic carbocycles. The summed E-state index contributed by atoms with van der Waals surface area (Å²) in [5.74, 6) is 0.830. The maximum absolute atomic E-state index is 8.80. The Balaban J connectivity index is 0.00000169. The van der Waals surface area contributed by atoms with Crippen LogP contribution in [0.25, 0.3) is 0 Å². The van der Waals surface area contributed by atoms with Crippen LogP contribution in [0.1, 0.15) is 18.5 Å². The van der Waals surface area contributed by atoms with Gasteiger partial charge in [-0.05, 0) is 24.6 Å². The molecule has 1 aromatic rings. The largest absolute Gasteiger partial charge is 0.494 e. The van der Waals surface area contributed by atoms with Crippen molar-refractivity contribution in [2.45, 2.75) is 13.0 Å². The van der Waals surface area contributed by atoms with E-state index in [1.165, 1.54) is 0 Å². The van der Waals surface area contributed by atoms with Gasteiger partial charge in [-0.1, -0.05) is 12.1 Å². The minimum absolute atomic E-state index is 0. The number of hydrogen-bond donors (Lipinski definition) is 2. The van der Waals surface area contributed by atoms with Crippen molar-refractivity contribution in [3.63, 3.8) is 0 Å². The summed E-state index contributed by atoms with van der Waals surface area (Å²) in [6.07, 6.45) is 0. The zero-order valence-electron chi connectivity index (χ0n) is 8.14. The maximum Gasteiger partial charge on any atom is 0.119 e. The van der Waals surface area contributed by atoms with Crippen LogP contribution in [0.5, 0.6) is 5.75 Å². The van der Waals surface area contributed by atoms with Gasteiger partial charge in [-0.25, -0.2) is 0 Å². The Morgan fingerprint density at radius 2 is 1.93 bits per heavy atom. The van der Waals surface area contributed by atoms with E-state index >= 15 is 0 Å². The molecular formula is C10H16ClNO2. The molecule has 0 heterocycles. The summed E-state index contributed by atoms with van der Waals surface area (Å²) in [4.78, 5) is 0. The van der Waals surface area contributed by atoms with E-state index in [1.807, 2.05) is 31.2 Å². The van der Waals surface area contributed by atoms with Gasteiger partial charge in [0.05, 0.1) is 19.3 Å². The topological polar surface area (TPSA) is 55.5 Å². The fraction of sp³-hybridized carbons (Fsp3) is 0.400. The average Bonchev–Trinajstić information content (AvgIpc) is 2.18. The van der Waals surface area contributed by atoms with E-state index in [1.54, 1.807) is 0 Å². The molecule has 0 bridgehead atoms. The Labute approximate surface area is 90.3 Å². The quantitative estimate of drug-likeness (QED) is 0.804. The van der Waals surface area contributed by atoms with Crippen LogP contribution in [0.2, 0.25) is 0 Å². The molecule has 0 spiro atoms. The summed E-state index contributed by atoms with van der Waals surface area (Å²) in [5.41, 5.74) is 6.55.